The number of benzene rings is 2. The van der Waals surface area contributed by atoms with Crippen molar-refractivity contribution in [2.24, 2.45) is 0 Å². The minimum atomic E-state index is -0.373. The number of aromatic nitrogens is 1. The molecule has 0 saturated heterocycles. The third-order valence-electron chi connectivity index (χ3n) is 3.65. The molecule has 1 aromatic heterocycles. The summed E-state index contributed by atoms with van der Waals surface area (Å²) in [4.78, 5) is 27.0. The van der Waals surface area contributed by atoms with Crippen molar-refractivity contribution in [3.8, 4) is 11.8 Å². The lowest BCUT2D eigenvalue weighted by atomic mass is 10.1. The Morgan fingerprint density at radius 2 is 1.96 bits per heavy atom. The lowest BCUT2D eigenvalue weighted by molar-refractivity contribution is -0.110. The molecule has 1 heterocycles. The lowest BCUT2D eigenvalue weighted by Crippen LogP contribution is -2.20. The normalized spacial score (nSPS) is 11.9. The molecule has 0 saturated carbocycles. The zero-order valence-electron chi connectivity index (χ0n) is 14.4. The number of aromatic amines is 1. The molecule has 0 spiro atoms. The van der Waals surface area contributed by atoms with Gasteiger partial charge in [0.25, 0.3) is 11.5 Å². The van der Waals surface area contributed by atoms with Gasteiger partial charge in [0.1, 0.15) is 10.4 Å². The summed E-state index contributed by atoms with van der Waals surface area (Å²) in [6.07, 6.45) is 3.04. The molecule has 2 N–H and O–H groups in total. The summed E-state index contributed by atoms with van der Waals surface area (Å²) in [6.45, 7) is 0. The number of thiazole rings is 1. The van der Waals surface area contributed by atoms with Gasteiger partial charge in [-0.3, -0.25) is 9.59 Å². The molecule has 0 aliphatic heterocycles. The van der Waals surface area contributed by atoms with Gasteiger partial charge in [-0.2, -0.15) is 5.26 Å². The van der Waals surface area contributed by atoms with E-state index in [0.717, 1.165) is 5.56 Å². The van der Waals surface area contributed by atoms with Gasteiger partial charge >= 0.3 is 0 Å². The van der Waals surface area contributed by atoms with Gasteiger partial charge in [0, 0.05) is 6.08 Å². The first kappa shape index (κ1) is 18.2. The Hall–Kier alpha value is -3.63. The van der Waals surface area contributed by atoms with E-state index in [0.29, 0.717) is 26.2 Å². The number of nitriles is 1. The zero-order chi connectivity index (χ0) is 19.2. The average Bonchev–Trinajstić information content (AvgIpc) is 3.01. The Kier molecular flexibility index (Phi) is 5.50. The molecule has 0 unspecified atom stereocenters. The second-order valence-electron chi connectivity index (χ2n) is 5.50. The van der Waals surface area contributed by atoms with Gasteiger partial charge in [0.15, 0.2) is 0 Å². The molecule has 3 rings (SSSR count). The van der Waals surface area contributed by atoms with E-state index >= 15 is 0 Å². The number of anilines is 1. The maximum Gasteiger partial charge on any atom is 0.266 e. The van der Waals surface area contributed by atoms with Crippen LogP contribution in [0.1, 0.15) is 11.1 Å². The Bertz CT molecular complexity index is 1180. The van der Waals surface area contributed by atoms with Crippen LogP contribution in [0.4, 0.5) is 5.69 Å². The number of nitrogens with one attached hydrogen (secondary N) is 2. The molecule has 0 bridgehead atoms. The first-order chi connectivity index (χ1) is 13.1. The molecule has 0 aliphatic rings. The Morgan fingerprint density at radius 1 is 1.22 bits per heavy atom. The van der Waals surface area contributed by atoms with E-state index in [4.69, 9.17) is 10.00 Å². The Labute approximate surface area is 158 Å². The Balaban J connectivity index is 1.86. The highest BCUT2D eigenvalue weighted by Gasteiger charge is 2.05. The molecular weight excluding hydrogens is 362 g/mol. The van der Waals surface area contributed by atoms with Crippen molar-refractivity contribution >= 4 is 35.1 Å². The van der Waals surface area contributed by atoms with Crippen molar-refractivity contribution in [3.05, 3.63) is 79.2 Å². The van der Waals surface area contributed by atoms with Crippen molar-refractivity contribution in [2.75, 3.05) is 12.4 Å². The maximum atomic E-state index is 12.2. The standard InChI is InChI=1S/C20H15N3O3S/c1-26-16-5-3-2-4-15(16)22-18(24)11-19-23-20(25)17(27-19)10-13-6-8-14(12-21)9-7-13/h2-11H,1H3,(H,22,24)(H,23,25). The van der Waals surface area contributed by atoms with Crippen LogP contribution in [0.3, 0.4) is 0 Å². The molecule has 1 amide bonds. The molecule has 0 atom stereocenters. The highest BCUT2D eigenvalue weighted by molar-refractivity contribution is 7.07. The van der Waals surface area contributed by atoms with Crippen LogP contribution in [0.25, 0.3) is 12.2 Å². The number of H-pyrrole nitrogens is 1. The summed E-state index contributed by atoms with van der Waals surface area (Å²) in [7, 11) is 1.52. The summed E-state index contributed by atoms with van der Waals surface area (Å²) >= 11 is 1.18. The van der Waals surface area contributed by atoms with Gasteiger partial charge in [-0.15, -0.1) is 11.3 Å². The van der Waals surface area contributed by atoms with E-state index in [-0.39, 0.29) is 11.5 Å². The van der Waals surface area contributed by atoms with Crippen LogP contribution in [0, 0.1) is 11.3 Å². The van der Waals surface area contributed by atoms with Gasteiger partial charge in [-0.25, -0.2) is 0 Å². The van der Waals surface area contributed by atoms with Crippen LogP contribution < -0.4 is 24.8 Å². The fourth-order valence-electron chi connectivity index (χ4n) is 2.37. The molecule has 3 aromatic rings. The summed E-state index contributed by atoms with van der Waals surface area (Å²) in [5.74, 6) is 0.177. The molecule has 0 fully saturated rings. The van der Waals surface area contributed by atoms with Crippen LogP contribution in [-0.2, 0) is 4.79 Å². The first-order valence-electron chi connectivity index (χ1n) is 7.96. The second kappa shape index (κ2) is 8.17. The number of hydrogen-bond acceptors (Lipinski definition) is 5. The summed E-state index contributed by atoms with van der Waals surface area (Å²) < 4.78 is 6.10. The quantitative estimate of drug-likeness (QED) is 0.721. The zero-order valence-corrected chi connectivity index (χ0v) is 15.2. The van der Waals surface area contributed by atoms with E-state index in [1.165, 1.54) is 24.5 Å². The van der Waals surface area contributed by atoms with Crippen molar-refractivity contribution in [1.29, 1.82) is 5.26 Å². The third kappa shape index (κ3) is 4.51. The van der Waals surface area contributed by atoms with Crippen molar-refractivity contribution < 1.29 is 9.53 Å². The SMILES string of the molecule is COc1ccccc1NC(=O)C=c1[nH]c(=O)c(=Cc2ccc(C#N)cc2)s1. The molecule has 6 nitrogen and oxygen atoms in total. The minimum Gasteiger partial charge on any atom is -0.495 e. The first-order valence-corrected chi connectivity index (χ1v) is 8.77. The van der Waals surface area contributed by atoms with Crippen molar-refractivity contribution in [1.82, 2.24) is 4.98 Å². The molecule has 7 heteroatoms. The molecule has 0 aliphatic carbocycles. The van der Waals surface area contributed by atoms with E-state index in [9.17, 15) is 9.59 Å². The van der Waals surface area contributed by atoms with Gasteiger partial charge in [0.05, 0.1) is 29.0 Å². The predicted molar refractivity (Wildman–Crippen MR) is 105 cm³/mol. The summed E-state index contributed by atoms with van der Waals surface area (Å²) in [5, 5.41) is 11.6. The van der Waals surface area contributed by atoms with Gasteiger partial charge < -0.3 is 15.0 Å². The van der Waals surface area contributed by atoms with Crippen LogP contribution in [0.5, 0.6) is 5.75 Å². The van der Waals surface area contributed by atoms with E-state index < -0.39 is 0 Å². The van der Waals surface area contributed by atoms with Crippen molar-refractivity contribution in [3.63, 3.8) is 0 Å². The molecule has 0 radical (unpaired) electrons. The monoisotopic (exact) mass is 377 g/mol. The number of hydrogen-bond donors (Lipinski definition) is 2. The van der Waals surface area contributed by atoms with E-state index in [2.05, 4.69) is 10.3 Å². The van der Waals surface area contributed by atoms with Gasteiger partial charge in [-0.1, -0.05) is 24.3 Å². The number of methoxy groups -OCH3 is 1. The summed E-state index contributed by atoms with van der Waals surface area (Å²) in [5.41, 5.74) is 1.62. The van der Waals surface area contributed by atoms with E-state index in [1.54, 1.807) is 54.6 Å². The van der Waals surface area contributed by atoms with Gasteiger partial charge in [-0.05, 0) is 35.9 Å². The number of nitrogens with zero attached hydrogens (tertiary/aromatic N) is 1. The number of rotatable bonds is 4. The van der Waals surface area contributed by atoms with Gasteiger partial charge in [0.2, 0.25) is 0 Å². The molecule has 134 valence electrons. The predicted octanol–water partition coefficient (Wildman–Crippen LogP) is 1.56. The average molecular weight is 377 g/mol. The molecular formula is C20H15N3O3S. The number of para-hydroxylation sites is 2. The maximum absolute atomic E-state index is 12.2. The highest BCUT2D eigenvalue weighted by Crippen LogP contribution is 2.22. The highest BCUT2D eigenvalue weighted by atomic mass is 32.1. The smallest absolute Gasteiger partial charge is 0.266 e. The summed E-state index contributed by atoms with van der Waals surface area (Å²) in [6, 6.07) is 16.0. The van der Waals surface area contributed by atoms with Crippen LogP contribution in [-0.4, -0.2) is 18.0 Å². The number of carbonyl (C=O) groups is 1. The Morgan fingerprint density at radius 3 is 2.67 bits per heavy atom. The minimum absolute atomic E-state index is 0.277. The third-order valence-corrected chi connectivity index (χ3v) is 4.61. The molecule has 2 aromatic carbocycles. The fraction of sp³-hybridized carbons (Fsp3) is 0.0500. The van der Waals surface area contributed by atoms with Crippen molar-refractivity contribution in [2.45, 2.75) is 0 Å². The van der Waals surface area contributed by atoms with E-state index in [1.807, 2.05) is 6.07 Å². The second-order valence-corrected chi connectivity index (χ2v) is 6.58. The fourth-order valence-corrected chi connectivity index (χ4v) is 3.25. The topological polar surface area (TPSA) is 95.0 Å². The van der Waals surface area contributed by atoms with Crippen LogP contribution in [0.2, 0.25) is 0 Å². The number of ether oxygens (including phenoxy) is 1. The van der Waals surface area contributed by atoms with Crippen LogP contribution in [0.15, 0.2) is 53.3 Å². The van der Waals surface area contributed by atoms with Crippen LogP contribution >= 0.6 is 11.3 Å². The number of amides is 1. The largest absolute Gasteiger partial charge is 0.495 e. The lowest BCUT2D eigenvalue weighted by Gasteiger charge is -2.07. The molecule has 27 heavy (non-hydrogen) atoms. The number of carbonyl (C=O) groups excluding carboxylic acids is 1.